The van der Waals surface area contributed by atoms with E-state index in [-0.39, 0.29) is 19.5 Å². The molecule has 0 saturated carbocycles. The minimum Gasteiger partial charge on any atom is -0.369 e. The predicted molar refractivity (Wildman–Crippen MR) is 66.8 cm³/mol. The molecule has 0 bridgehead atoms. The zero-order valence-electron chi connectivity index (χ0n) is 8.20. The van der Waals surface area contributed by atoms with Gasteiger partial charge < -0.3 is 5.73 Å². The Balaban J connectivity index is 3.04. The first kappa shape index (κ1) is 13.6. The molecular weight excluding hydrogens is 293 g/mol. The Labute approximate surface area is 107 Å². The average molecular weight is 302 g/mol. The van der Waals surface area contributed by atoms with Gasteiger partial charge in [0.05, 0.1) is 4.34 Å². The Morgan fingerprint density at radius 2 is 2.25 bits per heavy atom. The van der Waals surface area contributed by atoms with E-state index in [2.05, 4.69) is 9.71 Å². The van der Waals surface area contributed by atoms with Gasteiger partial charge in [-0.1, -0.05) is 23.2 Å². The maximum absolute atomic E-state index is 11.7. The number of rotatable bonds is 3. The topological polar surface area (TPSA) is 84.5 Å². The zero-order valence-corrected chi connectivity index (χ0v) is 11.3. The van der Waals surface area contributed by atoms with Gasteiger partial charge in [0.25, 0.3) is 10.0 Å². The fraction of sp³-hybridized carbons (Fsp3) is 0.286. The SMILES string of the molecule is CCN=C(N)NS(=O)(=O)c1cc(Cl)sc1Cl. The van der Waals surface area contributed by atoms with Crippen molar-refractivity contribution < 1.29 is 8.42 Å². The van der Waals surface area contributed by atoms with E-state index < -0.39 is 10.0 Å². The molecule has 0 atom stereocenters. The summed E-state index contributed by atoms with van der Waals surface area (Å²) < 4.78 is 26.0. The van der Waals surface area contributed by atoms with Gasteiger partial charge >= 0.3 is 0 Å². The Bertz CT molecular complexity index is 510. The number of nitrogens with one attached hydrogen (secondary N) is 1. The average Bonchev–Trinajstić information content (AvgIpc) is 2.45. The highest BCUT2D eigenvalue weighted by atomic mass is 35.5. The van der Waals surface area contributed by atoms with Gasteiger partial charge in [0.2, 0.25) is 5.96 Å². The van der Waals surface area contributed by atoms with Crippen molar-refractivity contribution in [2.75, 3.05) is 6.54 Å². The van der Waals surface area contributed by atoms with E-state index in [9.17, 15) is 8.42 Å². The number of guanidine groups is 1. The van der Waals surface area contributed by atoms with Crippen molar-refractivity contribution in [3.8, 4) is 0 Å². The number of sulfonamides is 1. The molecular formula is C7H9Cl2N3O2S2. The number of thiophene rings is 1. The van der Waals surface area contributed by atoms with Crippen LogP contribution in [0.1, 0.15) is 6.92 Å². The van der Waals surface area contributed by atoms with Gasteiger partial charge in [0.1, 0.15) is 9.23 Å². The molecule has 5 nitrogen and oxygen atoms in total. The Hall–Kier alpha value is -0.500. The Kier molecular flexibility index (Phi) is 4.43. The quantitative estimate of drug-likeness (QED) is 0.658. The van der Waals surface area contributed by atoms with E-state index in [4.69, 9.17) is 28.9 Å². The molecule has 1 aromatic heterocycles. The molecule has 0 aliphatic heterocycles. The summed E-state index contributed by atoms with van der Waals surface area (Å²) in [5, 5.41) is 0. The number of nitrogens with zero attached hydrogens (tertiary/aromatic N) is 1. The van der Waals surface area contributed by atoms with Gasteiger partial charge in [-0.25, -0.2) is 13.1 Å². The van der Waals surface area contributed by atoms with Crippen LogP contribution in [-0.4, -0.2) is 20.9 Å². The molecule has 0 fully saturated rings. The van der Waals surface area contributed by atoms with Gasteiger partial charge in [-0.2, -0.15) is 0 Å². The molecule has 90 valence electrons. The first-order valence-electron chi connectivity index (χ1n) is 4.14. The molecule has 0 aliphatic carbocycles. The van der Waals surface area contributed by atoms with E-state index in [1.54, 1.807) is 6.92 Å². The van der Waals surface area contributed by atoms with Crippen LogP contribution in [0, 0.1) is 0 Å². The van der Waals surface area contributed by atoms with E-state index >= 15 is 0 Å². The van der Waals surface area contributed by atoms with Gasteiger partial charge in [-0.05, 0) is 13.0 Å². The van der Waals surface area contributed by atoms with Crippen molar-refractivity contribution in [1.82, 2.24) is 4.72 Å². The van der Waals surface area contributed by atoms with E-state index in [1.165, 1.54) is 6.07 Å². The lowest BCUT2D eigenvalue weighted by Gasteiger charge is -2.05. The normalized spacial score (nSPS) is 12.8. The maximum Gasteiger partial charge on any atom is 0.266 e. The summed E-state index contributed by atoms with van der Waals surface area (Å²) in [6.07, 6.45) is 0. The van der Waals surface area contributed by atoms with Crippen LogP contribution in [0.2, 0.25) is 8.67 Å². The summed E-state index contributed by atoms with van der Waals surface area (Å²) in [5.41, 5.74) is 5.35. The Morgan fingerprint density at radius 1 is 1.62 bits per heavy atom. The molecule has 0 amide bonds. The van der Waals surface area contributed by atoms with Gasteiger partial charge in [0, 0.05) is 6.54 Å². The molecule has 0 radical (unpaired) electrons. The van der Waals surface area contributed by atoms with Crippen LogP contribution in [0.25, 0.3) is 0 Å². The molecule has 16 heavy (non-hydrogen) atoms. The van der Waals surface area contributed by atoms with Crippen LogP contribution in [0.4, 0.5) is 0 Å². The lowest BCUT2D eigenvalue weighted by Crippen LogP contribution is -2.36. The third-order valence-corrected chi connectivity index (χ3v) is 4.59. The smallest absolute Gasteiger partial charge is 0.266 e. The molecule has 1 aromatic rings. The molecule has 0 saturated heterocycles. The molecule has 9 heteroatoms. The van der Waals surface area contributed by atoms with Crippen LogP contribution in [0.15, 0.2) is 16.0 Å². The predicted octanol–water partition coefficient (Wildman–Crippen LogP) is 1.67. The molecule has 0 unspecified atom stereocenters. The van der Waals surface area contributed by atoms with Gasteiger partial charge in [-0.15, -0.1) is 11.3 Å². The minimum atomic E-state index is -3.80. The number of hydrogen-bond acceptors (Lipinski definition) is 4. The van der Waals surface area contributed by atoms with E-state index in [0.29, 0.717) is 6.54 Å². The van der Waals surface area contributed by atoms with Crippen molar-refractivity contribution in [2.45, 2.75) is 11.8 Å². The minimum absolute atomic E-state index is 0.0850. The van der Waals surface area contributed by atoms with Crippen LogP contribution in [0.3, 0.4) is 0 Å². The first-order valence-corrected chi connectivity index (χ1v) is 7.20. The third-order valence-electron chi connectivity index (χ3n) is 1.48. The summed E-state index contributed by atoms with van der Waals surface area (Å²) in [7, 11) is -3.80. The van der Waals surface area contributed by atoms with Crippen LogP contribution >= 0.6 is 34.5 Å². The Morgan fingerprint density at radius 3 is 2.69 bits per heavy atom. The zero-order chi connectivity index (χ0) is 12.3. The second-order valence-electron chi connectivity index (χ2n) is 2.65. The summed E-state index contributed by atoms with van der Waals surface area (Å²) in [4.78, 5) is 3.60. The van der Waals surface area contributed by atoms with E-state index in [1.807, 2.05) is 0 Å². The molecule has 3 N–H and O–H groups in total. The number of hydrogen-bond donors (Lipinski definition) is 2. The summed E-state index contributed by atoms with van der Waals surface area (Å²) in [5.74, 6) is -0.180. The third kappa shape index (κ3) is 3.24. The molecule has 1 heterocycles. The lowest BCUT2D eigenvalue weighted by atomic mass is 10.7. The van der Waals surface area contributed by atoms with Crippen LogP contribution in [-0.2, 0) is 10.0 Å². The molecule has 0 spiro atoms. The van der Waals surface area contributed by atoms with Crippen molar-refractivity contribution in [3.63, 3.8) is 0 Å². The highest BCUT2D eigenvalue weighted by Crippen LogP contribution is 2.33. The second-order valence-corrected chi connectivity index (χ2v) is 6.59. The fourth-order valence-corrected chi connectivity index (χ4v) is 4.01. The lowest BCUT2D eigenvalue weighted by molar-refractivity contribution is 0.592. The molecule has 0 aromatic carbocycles. The standard InChI is InChI=1S/C7H9Cl2N3O2S2/c1-2-11-7(10)12-16(13,14)4-3-5(8)15-6(4)9/h3H,2H2,1H3,(H3,10,11,12). The maximum atomic E-state index is 11.7. The van der Waals surface area contributed by atoms with Gasteiger partial charge in [-0.3, -0.25) is 4.99 Å². The molecule has 1 rings (SSSR count). The summed E-state index contributed by atoms with van der Waals surface area (Å²) in [6.45, 7) is 2.11. The summed E-state index contributed by atoms with van der Waals surface area (Å²) >= 11 is 12.3. The van der Waals surface area contributed by atoms with Crippen molar-refractivity contribution in [1.29, 1.82) is 0 Å². The monoisotopic (exact) mass is 301 g/mol. The molecule has 0 aliphatic rings. The van der Waals surface area contributed by atoms with E-state index in [0.717, 1.165) is 11.3 Å². The van der Waals surface area contributed by atoms with Gasteiger partial charge in [0.15, 0.2) is 0 Å². The highest BCUT2D eigenvalue weighted by Gasteiger charge is 2.21. The fourth-order valence-electron chi connectivity index (χ4n) is 0.904. The number of nitrogens with two attached hydrogens (primary N) is 1. The highest BCUT2D eigenvalue weighted by molar-refractivity contribution is 7.90. The van der Waals surface area contributed by atoms with Crippen molar-refractivity contribution in [3.05, 3.63) is 14.7 Å². The summed E-state index contributed by atoms with van der Waals surface area (Å²) in [6, 6.07) is 1.26. The van der Waals surface area contributed by atoms with Crippen molar-refractivity contribution in [2.24, 2.45) is 10.7 Å². The van der Waals surface area contributed by atoms with Crippen LogP contribution in [0.5, 0.6) is 0 Å². The second kappa shape index (κ2) is 5.22. The van der Waals surface area contributed by atoms with Crippen LogP contribution < -0.4 is 10.5 Å². The number of halogens is 2. The first-order chi connectivity index (χ1) is 7.36. The largest absolute Gasteiger partial charge is 0.369 e. The van der Waals surface area contributed by atoms with Crippen molar-refractivity contribution >= 4 is 50.5 Å². The number of aliphatic imine (C=N–C) groups is 1.